The van der Waals surface area contributed by atoms with Crippen molar-refractivity contribution in [1.82, 2.24) is 4.90 Å². The highest BCUT2D eigenvalue weighted by molar-refractivity contribution is 6.08. The molecule has 6 nitrogen and oxygen atoms in total. The number of ether oxygens (including phenoxy) is 1. The van der Waals surface area contributed by atoms with Crippen LogP contribution < -0.4 is 9.64 Å². The average Bonchev–Trinajstić information content (AvgIpc) is 2.79. The summed E-state index contributed by atoms with van der Waals surface area (Å²) in [6.45, 7) is 2.76. The lowest BCUT2D eigenvalue weighted by Crippen LogP contribution is -3.05. The number of aliphatic hydroxyl groups is 1. The molecule has 0 aromatic heterocycles. The molecule has 1 aliphatic rings. The van der Waals surface area contributed by atoms with E-state index in [1.165, 1.54) is 11.8 Å². The number of rotatable bonds is 7. The molecular formula is C18H25N2O4+. The second kappa shape index (κ2) is 7.49. The number of aliphatic hydroxyl groups excluding tert-OH is 1. The van der Waals surface area contributed by atoms with Gasteiger partial charge in [0.25, 0.3) is 5.91 Å². The van der Waals surface area contributed by atoms with Crippen molar-refractivity contribution < 1.29 is 24.3 Å². The summed E-state index contributed by atoms with van der Waals surface area (Å²) >= 11 is 0. The minimum Gasteiger partial charge on any atom is -0.503 e. The standard InChI is InChI=1S/C18H24N2O4/c1-12(21)15-16(13-6-8-14(24-4)9-7-13)20(18(23)17(15)22)11-5-10-19(2)3/h6-9,16,22H,5,10-11H2,1-4H3/p+1/t16-/m1/s1. The van der Waals surface area contributed by atoms with Crippen LogP contribution in [0, 0.1) is 0 Å². The summed E-state index contributed by atoms with van der Waals surface area (Å²) in [5.41, 5.74) is 0.956. The number of nitrogens with zero attached hydrogens (tertiary/aromatic N) is 1. The van der Waals surface area contributed by atoms with E-state index in [1.54, 1.807) is 24.1 Å². The lowest BCUT2D eigenvalue weighted by atomic mass is 9.96. The molecular weight excluding hydrogens is 308 g/mol. The average molecular weight is 333 g/mol. The van der Waals surface area contributed by atoms with Gasteiger partial charge < -0.3 is 19.6 Å². The predicted molar refractivity (Wildman–Crippen MR) is 90.1 cm³/mol. The number of ketones is 1. The highest BCUT2D eigenvalue weighted by Crippen LogP contribution is 2.38. The minimum absolute atomic E-state index is 0.169. The van der Waals surface area contributed by atoms with Crippen LogP contribution >= 0.6 is 0 Å². The van der Waals surface area contributed by atoms with Crippen LogP contribution in [0.2, 0.25) is 0 Å². The fourth-order valence-electron chi connectivity index (χ4n) is 2.98. The Labute approximate surface area is 142 Å². The molecule has 6 heteroatoms. The van der Waals surface area contributed by atoms with E-state index >= 15 is 0 Å². The smallest absolute Gasteiger partial charge is 0.290 e. The maximum absolute atomic E-state index is 12.4. The van der Waals surface area contributed by atoms with Crippen LogP contribution in [0.25, 0.3) is 0 Å². The quantitative estimate of drug-likeness (QED) is 0.763. The van der Waals surface area contributed by atoms with Gasteiger partial charge >= 0.3 is 0 Å². The van der Waals surface area contributed by atoms with Gasteiger partial charge in [-0.15, -0.1) is 0 Å². The first kappa shape index (κ1) is 18.0. The zero-order valence-corrected chi connectivity index (χ0v) is 14.6. The maximum Gasteiger partial charge on any atom is 0.290 e. The third kappa shape index (κ3) is 3.59. The third-order valence-electron chi connectivity index (χ3n) is 4.19. The Morgan fingerprint density at radius 1 is 1.29 bits per heavy atom. The van der Waals surface area contributed by atoms with Crippen LogP contribution in [-0.2, 0) is 9.59 Å². The normalized spacial score (nSPS) is 17.8. The van der Waals surface area contributed by atoms with Crippen molar-refractivity contribution in [3.8, 4) is 5.75 Å². The number of hydrogen-bond donors (Lipinski definition) is 2. The van der Waals surface area contributed by atoms with Crippen molar-refractivity contribution in [2.24, 2.45) is 0 Å². The van der Waals surface area contributed by atoms with Gasteiger partial charge in [-0.1, -0.05) is 12.1 Å². The van der Waals surface area contributed by atoms with Crippen LogP contribution in [0.1, 0.15) is 24.9 Å². The summed E-state index contributed by atoms with van der Waals surface area (Å²) in [4.78, 5) is 27.3. The molecule has 130 valence electrons. The Bertz CT molecular complexity index is 649. The molecule has 2 rings (SSSR count). The van der Waals surface area contributed by atoms with Crippen molar-refractivity contribution in [3.05, 3.63) is 41.2 Å². The van der Waals surface area contributed by atoms with Gasteiger partial charge in [-0.2, -0.15) is 0 Å². The second-order valence-electron chi connectivity index (χ2n) is 6.30. The largest absolute Gasteiger partial charge is 0.503 e. The van der Waals surface area contributed by atoms with E-state index < -0.39 is 17.7 Å². The highest BCUT2D eigenvalue weighted by Gasteiger charge is 2.42. The number of hydrogen-bond acceptors (Lipinski definition) is 4. The molecule has 1 aliphatic heterocycles. The molecule has 0 radical (unpaired) electrons. The van der Waals surface area contributed by atoms with Gasteiger partial charge in [-0.05, 0) is 24.6 Å². The Morgan fingerprint density at radius 2 is 1.92 bits per heavy atom. The van der Waals surface area contributed by atoms with Gasteiger partial charge in [0, 0.05) is 13.0 Å². The Kier molecular flexibility index (Phi) is 5.62. The molecule has 0 saturated heterocycles. The van der Waals surface area contributed by atoms with E-state index in [4.69, 9.17) is 4.74 Å². The van der Waals surface area contributed by atoms with Crippen molar-refractivity contribution in [2.45, 2.75) is 19.4 Å². The van der Waals surface area contributed by atoms with Gasteiger partial charge in [0.1, 0.15) is 5.75 Å². The number of quaternary nitrogens is 1. The van der Waals surface area contributed by atoms with Gasteiger partial charge in [0.2, 0.25) is 0 Å². The zero-order chi connectivity index (χ0) is 17.9. The monoisotopic (exact) mass is 333 g/mol. The molecule has 0 saturated carbocycles. The third-order valence-corrected chi connectivity index (χ3v) is 4.19. The fourth-order valence-corrected chi connectivity index (χ4v) is 2.98. The number of Topliss-reactive ketones (excluding diaryl/α,β-unsaturated/α-hetero) is 1. The number of carbonyl (C=O) groups is 2. The highest BCUT2D eigenvalue weighted by atomic mass is 16.5. The molecule has 0 bridgehead atoms. The van der Waals surface area contributed by atoms with Gasteiger partial charge in [-0.3, -0.25) is 9.59 Å². The topological polar surface area (TPSA) is 71.3 Å². The molecule has 1 atom stereocenters. The van der Waals surface area contributed by atoms with E-state index in [2.05, 4.69) is 0 Å². The van der Waals surface area contributed by atoms with E-state index in [-0.39, 0.29) is 11.4 Å². The van der Waals surface area contributed by atoms with Gasteiger partial charge in [-0.25, -0.2) is 0 Å². The summed E-state index contributed by atoms with van der Waals surface area (Å²) < 4.78 is 5.15. The van der Waals surface area contributed by atoms with Crippen molar-refractivity contribution in [2.75, 3.05) is 34.3 Å². The number of amides is 1. The molecule has 1 aromatic rings. The van der Waals surface area contributed by atoms with Crippen molar-refractivity contribution >= 4 is 11.7 Å². The Balaban J connectivity index is 2.34. The SMILES string of the molecule is COc1ccc([C@@H]2C(C(C)=O)=C(O)C(=O)N2CCC[NH+](C)C)cc1. The van der Waals surface area contributed by atoms with E-state index in [0.29, 0.717) is 12.3 Å². The summed E-state index contributed by atoms with van der Waals surface area (Å²) in [6.07, 6.45) is 0.791. The molecule has 0 fully saturated rings. The number of nitrogens with one attached hydrogen (secondary N) is 1. The van der Waals surface area contributed by atoms with Crippen LogP contribution in [0.15, 0.2) is 35.6 Å². The molecule has 24 heavy (non-hydrogen) atoms. The zero-order valence-electron chi connectivity index (χ0n) is 14.6. The Hall–Kier alpha value is -2.34. The van der Waals surface area contributed by atoms with Crippen LogP contribution in [0.5, 0.6) is 5.75 Å². The molecule has 2 N–H and O–H groups in total. The number of carbonyl (C=O) groups excluding carboxylic acids is 2. The van der Waals surface area contributed by atoms with Crippen LogP contribution in [0.3, 0.4) is 0 Å². The number of methoxy groups -OCH3 is 1. The van der Waals surface area contributed by atoms with E-state index in [0.717, 1.165) is 18.5 Å². The van der Waals surface area contributed by atoms with Crippen LogP contribution in [-0.4, -0.2) is 56.0 Å². The Morgan fingerprint density at radius 3 is 2.42 bits per heavy atom. The lowest BCUT2D eigenvalue weighted by Gasteiger charge is -2.26. The molecule has 1 aromatic carbocycles. The summed E-state index contributed by atoms with van der Waals surface area (Å²) in [6, 6.07) is 6.67. The predicted octanol–water partition coefficient (Wildman–Crippen LogP) is 0.514. The molecule has 1 heterocycles. The minimum atomic E-state index is -0.543. The summed E-state index contributed by atoms with van der Waals surface area (Å²) in [5.74, 6) is -0.499. The fraction of sp³-hybridized carbons (Fsp3) is 0.444. The molecule has 0 unspecified atom stereocenters. The molecule has 0 spiro atoms. The maximum atomic E-state index is 12.4. The van der Waals surface area contributed by atoms with E-state index in [9.17, 15) is 14.7 Å². The lowest BCUT2D eigenvalue weighted by molar-refractivity contribution is -0.858. The van der Waals surface area contributed by atoms with Crippen molar-refractivity contribution in [3.63, 3.8) is 0 Å². The molecule has 1 amide bonds. The second-order valence-corrected chi connectivity index (χ2v) is 6.30. The number of benzene rings is 1. The summed E-state index contributed by atoms with van der Waals surface area (Å²) in [5, 5.41) is 10.2. The first-order valence-electron chi connectivity index (χ1n) is 8.04. The van der Waals surface area contributed by atoms with Crippen LogP contribution in [0.4, 0.5) is 0 Å². The van der Waals surface area contributed by atoms with Gasteiger partial charge in [0.15, 0.2) is 11.5 Å². The molecule has 0 aliphatic carbocycles. The summed E-state index contributed by atoms with van der Waals surface area (Å²) in [7, 11) is 5.67. The van der Waals surface area contributed by atoms with Crippen molar-refractivity contribution in [1.29, 1.82) is 0 Å². The van der Waals surface area contributed by atoms with E-state index in [1.807, 2.05) is 26.2 Å². The first-order valence-corrected chi connectivity index (χ1v) is 8.04. The first-order chi connectivity index (χ1) is 11.4. The van der Waals surface area contributed by atoms with Gasteiger partial charge in [0.05, 0.1) is 39.4 Å².